The lowest BCUT2D eigenvalue weighted by Gasteiger charge is -2.21. The molecule has 0 radical (unpaired) electrons. The highest BCUT2D eigenvalue weighted by molar-refractivity contribution is 5.88. The number of furan rings is 1. The van der Waals surface area contributed by atoms with Crippen molar-refractivity contribution >= 4 is 11.8 Å². The van der Waals surface area contributed by atoms with Crippen LogP contribution in [-0.2, 0) is 6.54 Å². The van der Waals surface area contributed by atoms with E-state index in [1.165, 1.54) is 6.42 Å². The Bertz CT molecular complexity index is 693. The molecule has 2 aromatic heterocycles. The minimum Gasteiger partial charge on any atom is -0.464 e. The molecule has 1 N–H and O–H groups in total. The van der Waals surface area contributed by atoms with Crippen molar-refractivity contribution < 1.29 is 9.21 Å². The fraction of sp³-hybridized carbons (Fsp3) is 0.444. The Labute approximate surface area is 135 Å². The lowest BCUT2D eigenvalue weighted by atomic mass is 10.3. The molecule has 0 bridgehead atoms. The summed E-state index contributed by atoms with van der Waals surface area (Å²) in [7, 11) is 0. The third-order valence-electron chi connectivity index (χ3n) is 4.63. The summed E-state index contributed by atoms with van der Waals surface area (Å²) >= 11 is 0. The van der Waals surface area contributed by atoms with Gasteiger partial charge in [-0.3, -0.25) is 5.32 Å². The number of amides is 2. The molecule has 2 aromatic rings. The van der Waals surface area contributed by atoms with Crippen molar-refractivity contribution in [3.05, 3.63) is 48.0 Å². The number of urea groups is 1. The van der Waals surface area contributed by atoms with Crippen molar-refractivity contribution in [2.45, 2.75) is 44.7 Å². The van der Waals surface area contributed by atoms with E-state index in [9.17, 15) is 4.79 Å². The second-order valence-corrected chi connectivity index (χ2v) is 6.63. The number of nitrogens with one attached hydrogen (secondary N) is 1. The maximum Gasteiger partial charge on any atom is 0.323 e. The maximum atomic E-state index is 12.5. The molecule has 120 valence electrons. The van der Waals surface area contributed by atoms with E-state index < -0.39 is 0 Å². The number of hydrogen-bond acceptors (Lipinski definition) is 3. The first-order chi connectivity index (χ1) is 11.2. The van der Waals surface area contributed by atoms with Gasteiger partial charge in [-0.1, -0.05) is 13.0 Å². The van der Waals surface area contributed by atoms with Gasteiger partial charge in [0.2, 0.25) is 0 Å². The van der Waals surface area contributed by atoms with Crippen LogP contribution in [-0.4, -0.2) is 22.0 Å². The zero-order valence-corrected chi connectivity index (χ0v) is 13.2. The number of carbonyl (C=O) groups is 1. The summed E-state index contributed by atoms with van der Waals surface area (Å²) in [4.78, 5) is 18.5. The zero-order chi connectivity index (χ0) is 15.8. The summed E-state index contributed by atoms with van der Waals surface area (Å²) in [5, 5.41) is 2.87. The first kappa shape index (κ1) is 14.3. The molecule has 0 saturated heterocycles. The van der Waals surface area contributed by atoms with E-state index in [1.807, 2.05) is 23.1 Å². The molecule has 5 heteroatoms. The van der Waals surface area contributed by atoms with Crippen molar-refractivity contribution in [3.63, 3.8) is 0 Å². The average Bonchev–Trinajstić information content (AvgIpc) is 3.47. The number of pyridine rings is 1. The highest BCUT2D eigenvalue weighted by Gasteiger charge is 2.37. The topological polar surface area (TPSA) is 58.4 Å². The van der Waals surface area contributed by atoms with Gasteiger partial charge in [0.25, 0.3) is 0 Å². The summed E-state index contributed by atoms with van der Waals surface area (Å²) in [6.45, 7) is 2.76. The Kier molecular flexibility index (Phi) is 3.56. The van der Waals surface area contributed by atoms with Gasteiger partial charge < -0.3 is 9.32 Å². The molecule has 0 aliphatic heterocycles. The van der Waals surface area contributed by atoms with Gasteiger partial charge in [0.15, 0.2) is 0 Å². The Balaban J connectivity index is 1.43. The fourth-order valence-corrected chi connectivity index (χ4v) is 2.94. The van der Waals surface area contributed by atoms with E-state index in [2.05, 4.69) is 23.3 Å². The molecule has 2 saturated carbocycles. The molecule has 2 aliphatic carbocycles. The largest absolute Gasteiger partial charge is 0.464 e. The van der Waals surface area contributed by atoms with Crippen molar-refractivity contribution in [1.82, 2.24) is 9.88 Å². The monoisotopic (exact) mass is 311 g/mol. The summed E-state index contributed by atoms with van der Waals surface area (Å²) in [5.74, 6) is 3.80. The van der Waals surface area contributed by atoms with Crippen molar-refractivity contribution in [3.8, 4) is 0 Å². The van der Waals surface area contributed by atoms with Crippen LogP contribution in [0.2, 0.25) is 0 Å². The van der Waals surface area contributed by atoms with Gasteiger partial charge in [0.1, 0.15) is 17.3 Å². The van der Waals surface area contributed by atoms with E-state index in [0.717, 1.165) is 30.3 Å². The molecule has 4 rings (SSSR count). The zero-order valence-electron chi connectivity index (χ0n) is 13.2. The Morgan fingerprint density at radius 2 is 2.17 bits per heavy atom. The van der Waals surface area contributed by atoms with E-state index in [-0.39, 0.29) is 6.03 Å². The standard InChI is InChI=1S/C18H21N3O2/c1-12-10-15(12)16-8-7-14(23-16)11-21(13-5-6-13)18(22)20-17-4-2-3-9-19-17/h2-4,7-9,12-13,15H,5-6,10-11H2,1H3,(H,19,20,22)/t12-,15+/m1/s1. The Hall–Kier alpha value is -2.30. The molecular formula is C18H21N3O2. The van der Waals surface area contributed by atoms with Gasteiger partial charge in [-0.15, -0.1) is 0 Å². The third-order valence-corrected chi connectivity index (χ3v) is 4.63. The smallest absolute Gasteiger partial charge is 0.323 e. The quantitative estimate of drug-likeness (QED) is 0.908. The maximum absolute atomic E-state index is 12.5. The number of rotatable bonds is 5. The van der Waals surface area contributed by atoms with E-state index in [1.54, 1.807) is 12.3 Å². The lowest BCUT2D eigenvalue weighted by molar-refractivity contribution is 0.200. The van der Waals surface area contributed by atoms with Crippen LogP contribution in [0, 0.1) is 5.92 Å². The average molecular weight is 311 g/mol. The number of hydrogen-bond donors (Lipinski definition) is 1. The third kappa shape index (κ3) is 3.23. The van der Waals surface area contributed by atoms with Crippen LogP contribution in [0.3, 0.4) is 0 Å². The van der Waals surface area contributed by atoms with Crippen LogP contribution in [0.25, 0.3) is 0 Å². The second-order valence-electron chi connectivity index (χ2n) is 6.63. The van der Waals surface area contributed by atoms with Gasteiger partial charge in [-0.2, -0.15) is 0 Å². The molecule has 5 nitrogen and oxygen atoms in total. The van der Waals surface area contributed by atoms with Crippen LogP contribution in [0.1, 0.15) is 43.6 Å². The predicted octanol–water partition coefficient (Wildman–Crippen LogP) is 3.99. The van der Waals surface area contributed by atoms with Crippen LogP contribution in [0.4, 0.5) is 10.6 Å². The molecule has 0 spiro atoms. The van der Waals surface area contributed by atoms with Gasteiger partial charge >= 0.3 is 6.03 Å². The van der Waals surface area contributed by atoms with Gasteiger partial charge in [-0.25, -0.2) is 9.78 Å². The molecule has 23 heavy (non-hydrogen) atoms. The van der Waals surface area contributed by atoms with E-state index >= 15 is 0 Å². The number of aromatic nitrogens is 1. The Morgan fingerprint density at radius 1 is 1.35 bits per heavy atom. The number of carbonyl (C=O) groups excluding carboxylic acids is 1. The normalized spacial score (nSPS) is 22.7. The molecule has 2 amide bonds. The van der Waals surface area contributed by atoms with Crippen molar-refractivity contribution in [1.29, 1.82) is 0 Å². The summed E-state index contributed by atoms with van der Waals surface area (Å²) in [6.07, 6.45) is 5.00. The number of nitrogens with zero attached hydrogens (tertiary/aromatic N) is 2. The van der Waals surface area contributed by atoms with Crippen molar-refractivity contribution in [2.75, 3.05) is 5.32 Å². The molecule has 0 unspecified atom stereocenters. The van der Waals surface area contributed by atoms with Crippen LogP contribution in [0.5, 0.6) is 0 Å². The molecule has 2 aliphatic rings. The predicted molar refractivity (Wildman–Crippen MR) is 87.1 cm³/mol. The minimum absolute atomic E-state index is 0.107. The molecule has 2 heterocycles. The first-order valence-corrected chi connectivity index (χ1v) is 8.28. The van der Waals surface area contributed by atoms with Gasteiger partial charge in [0, 0.05) is 18.2 Å². The van der Waals surface area contributed by atoms with Crippen LogP contribution >= 0.6 is 0 Å². The van der Waals surface area contributed by atoms with E-state index in [4.69, 9.17) is 4.42 Å². The summed E-state index contributed by atoms with van der Waals surface area (Å²) in [6, 6.07) is 9.76. The summed E-state index contributed by atoms with van der Waals surface area (Å²) < 4.78 is 5.95. The highest BCUT2D eigenvalue weighted by atomic mass is 16.3. The molecule has 2 atom stereocenters. The number of anilines is 1. The summed E-state index contributed by atoms with van der Waals surface area (Å²) in [5.41, 5.74) is 0. The van der Waals surface area contributed by atoms with E-state index in [0.29, 0.717) is 24.3 Å². The fourth-order valence-electron chi connectivity index (χ4n) is 2.94. The van der Waals surface area contributed by atoms with Crippen molar-refractivity contribution in [2.24, 2.45) is 5.92 Å². The minimum atomic E-state index is -0.107. The first-order valence-electron chi connectivity index (χ1n) is 8.28. The lowest BCUT2D eigenvalue weighted by Crippen LogP contribution is -2.36. The molecular weight excluding hydrogens is 290 g/mol. The second kappa shape index (κ2) is 5.72. The van der Waals surface area contributed by atoms with Gasteiger partial charge in [-0.05, 0) is 49.4 Å². The SMILES string of the molecule is C[C@@H]1C[C@@H]1c1ccc(CN(C(=O)Nc2ccccn2)C2CC2)o1. The van der Waals surface area contributed by atoms with Crippen LogP contribution in [0.15, 0.2) is 40.9 Å². The van der Waals surface area contributed by atoms with Crippen LogP contribution < -0.4 is 5.32 Å². The van der Waals surface area contributed by atoms with Gasteiger partial charge in [0.05, 0.1) is 6.54 Å². The highest BCUT2D eigenvalue weighted by Crippen LogP contribution is 2.47. The molecule has 0 aromatic carbocycles. The Morgan fingerprint density at radius 3 is 2.83 bits per heavy atom. The molecule has 2 fully saturated rings.